The molecule has 4 heteroatoms. The van der Waals surface area contributed by atoms with Crippen LogP contribution in [0.25, 0.3) is 0 Å². The van der Waals surface area contributed by atoms with E-state index in [1.165, 1.54) is 35.1 Å². The van der Waals surface area contributed by atoms with E-state index in [2.05, 4.69) is 43.9 Å². The van der Waals surface area contributed by atoms with E-state index in [0.717, 1.165) is 38.9 Å². The lowest BCUT2D eigenvalue weighted by atomic mass is 9.86. The number of nitriles is 1. The molecule has 25 heavy (non-hydrogen) atoms. The molecule has 1 aliphatic heterocycles. The molecule has 0 radical (unpaired) electrons. The van der Waals surface area contributed by atoms with Gasteiger partial charge >= 0.3 is 0 Å². The summed E-state index contributed by atoms with van der Waals surface area (Å²) >= 11 is 0. The maximum Gasteiger partial charge on any atom is 0.112 e. The molecule has 0 spiro atoms. The zero-order chi connectivity index (χ0) is 18.0. The van der Waals surface area contributed by atoms with E-state index in [9.17, 15) is 5.26 Å². The van der Waals surface area contributed by atoms with Gasteiger partial charge in [-0.25, -0.2) is 0 Å². The highest BCUT2D eigenvalue weighted by Gasteiger charge is 2.46. The molecule has 1 aromatic carbocycles. The average Bonchev–Trinajstić information content (AvgIpc) is 3.42. The fraction of sp³-hybridized carbons (Fsp3) is 0.667. The molecule has 2 aliphatic rings. The van der Waals surface area contributed by atoms with Crippen molar-refractivity contribution in [3.63, 3.8) is 0 Å². The van der Waals surface area contributed by atoms with Gasteiger partial charge in [-0.15, -0.1) is 0 Å². The largest absolute Gasteiger partial charge is 0.302 e. The molecule has 4 nitrogen and oxygen atoms in total. The van der Waals surface area contributed by atoms with E-state index in [1.54, 1.807) is 7.11 Å². The Morgan fingerprint density at radius 2 is 1.80 bits per heavy atom. The molecule has 0 aromatic heterocycles. The van der Waals surface area contributed by atoms with Crippen molar-refractivity contribution in [1.29, 1.82) is 5.26 Å². The van der Waals surface area contributed by atoms with E-state index < -0.39 is 0 Å². The first kappa shape index (κ1) is 18.4. The number of piperidine rings is 1. The van der Waals surface area contributed by atoms with Crippen molar-refractivity contribution in [3.05, 3.63) is 34.4 Å². The molecule has 0 unspecified atom stereocenters. The van der Waals surface area contributed by atoms with Gasteiger partial charge in [0.05, 0.1) is 13.2 Å². The van der Waals surface area contributed by atoms with E-state index in [4.69, 9.17) is 4.84 Å². The monoisotopic (exact) mass is 341 g/mol. The maximum atomic E-state index is 10.0. The Balaban J connectivity index is 1.75. The van der Waals surface area contributed by atoms with Crippen LogP contribution in [0.15, 0.2) is 12.1 Å². The third kappa shape index (κ3) is 3.89. The van der Waals surface area contributed by atoms with Crippen LogP contribution in [0.3, 0.4) is 0 Å². The van der Waals surface area contributed by atoms with Crippen LogP contribution in [-0.4, -0.2) is 48.3 Å². The Bertz CT molecular complexity index is 629. The second kappa shape index (κ2) is 7.45. The first-order valence-electron chi connectivity index (χ1n) is 9.53. The van der Waals surface area contributed by atoms with Crippen molar-refractivity contribution in [2.75, 3.05) is 26.7 Å². The van der Waals surface area contributed by atoms with Gasteiger partial charge in [0.1, 0.15) is 5.54 Å². The predicted molar refractivity (Wildman–Crippen MR) is 100 cm³/mol. The van der Waals surface area contributed by atoms with Gasteiger partial charge in [0, 0.05) is 25.7 Å². The number of benzene rings is 1. The molecular weight excluding hydrogens is 310 g/mol. The summed E-state index contributed by atoms with van der Waals surface area (Å²) in [5.41, 5.74) is 5.24. The van der Waals surface area contributed by atoms with Gasteiger partial charge in [-0.2, -0.15) is 10.3 Å². The highest BCUT2D eigenvalue weighted by Crippen LogP contribution is 2.38. The highest BCUT2D eigenvalue weighted by molar-refractivity contribution is 5.37. The van der Waals surface area contributed by atoms with Crippen LogP contribution in [0.4, 0.5) is 0 Å². The average molecular weight is 341 g/mol. The van der Waals surface area contributed by atoms with Crippen LogP contribution in [0.2, 0.25) is 0 Å². The minimum absolute atomic E-state index is 0.317. The van der Waals surface area contributed by atoms with Crippen molar-refractivity contribution in [3.8, 4) is 6.07 Å². The minimum Gasteiger partial charge on any atom is -0.302 e. The highest BCUT2D eigenvalue weighted by atomic mass is 16.7. The fourth-order valence-corrected chi connectivity index (χ4v) is 4.47. The summed E-state index contributed by atoms with van der Waals surface area (Å²) in [6.45, 7) is 9.26. The topological polar surface area (TPSA) is 39.5 Å². The minimum atomic E-state index is -0.317. The number of hydroxylamine groups is 2. The molecule has 3 rings (SSSR count). The number of rotatable bonds is 6. The van der Waals surface area contributed by atoms with Crippen LogP contribution >= 0.6 is 0 Å². The predicted octanol–water partition coefficient (Wildman–Crippen LogP) is 3.54. The molecule has 0 N–H and O–H groups in total. The van der Waals surface area contributed by atoms with Crippen LogP contribution in [0.1, 0.15) is 47.9 Å². The third-order valence-corrected chi connectivity index (χ3v) is 6.00. The number of hydrogen-bond acceptors (Lipinski definition) is 4. The second-order valence-corrected chi connectivity index (χ2v) is 7.81. The molecule has 1 aromatic rings. The first-order valence-corrected chi connectivity index (χ1v) is 9.53. The van der Waals surface area contributed by atoms with E-state index in [0.29, 0.717) is 6.04 Å². The van der Waals surface area contributed by atoms with Crippen LogP contribution in [0.5, 0.6) is 0 Å². The van der Waals surface area contributed by atoms with Crippen LogP contribution < -0.4 is 0 Å². The SMILES string of the molecule is CON1CCC(C#N)(N(CCc2c(C)cc(C)cc2C)C2CC2)CC1. The van der Waals surface area contributed by atoms with Crippen molar-refractivity contribution >= 4 is 0 Å². The lowest BCUT2D eigenvalue weighted by Gasteiger charge is -2.44. The quantitative estimate of drug-likeness (QED) is 0.793. The van der Waals surface area contributed by atoms with Crippen LogP contribution in [0, 0.1) is 32.1 Å². The molecule has 0 atom stereocenters. The molecular formula is C21H31N3O. The standard InChI is InChI=1S/C21H31N3O/c1-16-13-17(2)20(18(3)14-16)7-10-24(19-5-6-19)21(15-22)8-11-23(25-4)12-9-21/h13-14,19H,5-12H2,1-4H3. The summed E-state index contributed by atoms with van der Waals surface area (Å²) in [6, 6.07) is 7.86. The molecule has 0 amide bonds. The van der Waals surface area contributed by atoms with Crippen molar-refractivity contribution in [1.82, 2.24) is 9.96 Å². The smallest absolute Gasteiger partial charge is 0.112 e. The Labute approximate surface area is 152 Å². The van der Waals surface area contributed by atoms with Gasteiger partial charge in [0.15, 0.2) is 0 Å². The molecule has 1 aliphatic carbocycles. The van der Waals surface area contributed by atoms with Gasteiger partial charge in [-0.1, -0.05) is 17.7 Å². The van der Waals surface area contributed by atoms with E-state index in [-0.39, 0.29) is 5.54 Å². The second-order valence-electron chi connectivity index (χ2n) is 7.81. The zero-order valence-electron chi connectivity index (χ0n) is 16.1. The van der Waals surface area contributed by atoms with Gasteiger partial charge in [-0.05, 0) is 69.6 Å². The Morgan fingerprint density at radius 1 is 1.20 bits per heavy atom. The summed E-state index contributed by atoms with van der Waals surface area (Å²) in [7, 11) is 1.72. The molecule has 0 bridgehead atoms. The number of aryl methyl sites for hydroxylation is 3. The molecule has 2 fully saturated rings. The lowest BCUT2D eigenvalue weighted by molar-refractivity contribution is -0.157. The lowest BCUT2D eigenvalue weighted by Crippen LogP contribution is -2.55. The molecule has 136 valence electrons. The van der Waals surface area contributed by atoms with E-state index >= 15 is 0 Å². The molecule has 1 heterocycles. The van der Waals surface area contributed by atoms with Crippen LogP contribution in [-0.2, 0) is 11.3 Å². The first-order chi connectivity index (χ1) is 12.0. The Hall–Kier alpha value is -1.41. The van der Waals surface area contributed by atoms with Gasteiger partial charge in [-0.3, -0.25) is 4.90 Å². The zero-order valence-corrected chi connectivity index (χ0v) is 16.1. The third-order valence-electron chi connectivity index (χ3n) is 6.00. The molecule has 1 saturated carbocycles. The maximum absolute atomic E-state index is 10.0. The summed E-state index contributed by atoms with van der Waals surface area (Å²) in [6.07, 6.45) is 5.26. The summed E-state index contributed by atoms with van der Waals surface area (Å²) in [5, 5.41) is 12.0. The normalized spacial score (nSPS) is 20.6. The van der Waals surface area contributed by atoms with Crippen molar-refractivity contribution < 1.29 is 4.84 Å². The van der Waals surface area contributed by atoms with Crippen molar-refractivity contribution in [2.24, 2.45) is 0 Å². The van der Waals surface area contributed by atoms with Gasteiger partial charge < -0.3 is 4.84 Å². The fourth-order valence-electron chi connectivity index (χ4n) is 4.47. The van der Waals surface area contributed by atoms with Crippen molar-refractivity contribution in [2.45, 2.75) is 64.5 Å². The summed E-state index contributed by atoms with van der Waals surface area (Å²) < 4.78 is 0. The van der Waals surface area contributed by atoms with E-state index in [1.807, 2.05) is 5.06 Å². The summed E-state index contributed by atoms with van der Waals surface area (Å²) in [4.78, 5) is 7.89. The molecule has 1 saturated heterocycles. The Morgan fingerprint density at radius 3 is 2.28 bits per heavy atom. The number of nitrogens with zero attached hydrogens (tertiary/aromatic N) is 3. The summed E-state index contributed by atoms with van der Waals surface area (Å²) in [5.74, 6) is 0. The number of hydrogen-bond donors (Lipinski definition) is 0. The van der Waals surface area contributed by atoms with Gasteiger partial charge in [0.25, 0.3) is 0 Å². The Kier molecular flexibility index (Phi) is 5.48. The van der Waals surface area contributed by atoms with Gasteiger partial charge in [0.2, 0.25) is 0 Å².